The molecule has 2 unspecified atom stereocenters. The van der Waals surface area contributed by atoms with Crippen LogP contribution in [0.25, 0.3) is 0 Å². The van der Waals surface area contributed by atoms with Crippen molar-refractivity contribution in [2.24, 2.45) is 20.8 Å². The van der Waals surface area contributed by atoms with E-state index < -0.39 is 23.9 Å². The summed E-state index contributed by atoms with van der Waals surface area (Å²) in [6.07, 6.45) is 10.7. The van der Waals surface area contributed by atoms with Crippen LogP contribution in [0.2, 0.25) is 0 Å². The van der Waals surface area contributed by atoms with Gasteiger partial charge in [0.05, 0.1) is 23.7 Å². The Morgan fingerprint density at radius 2 is 1.24 bits per heavy atom. The molecule has 1 saturated carbocycles. The number of unbranched alkanes of at least 4 members (excludes halogenated alkanes) is 4. The average molecular weight is 653 g/mol. The normalized spacial score (nSPS) is 17.4. The molecule has 1 aliphatic rings. The van der Waals surface area contributed by atoms with Gasteiger partial charge in [-0.15, -0.1) is 0 Å². The number of aliphatic hydroxyl groups is 2. The summed E-state index contributed by atoms with van der Waals surface area (Å²) in [6.45, 7) is 7.43. The Balaban J connectivity index is 0. The molecule has 14 nitrogen and oxygen atoms in total. The van der Waals surface area contributed by atoms with E-state index in [1.165, 1.54) is 18.2 Å². The standard InChI is InChI=1S/C12H18N2O2.C8H6O4.C6H10O4.C6H14O2/c1-11(2)4-10(14-9-16)5-12(3,6-11)7-13-8-15;9-7(10)5-2-1-3-6(4-5)8(11)12;7-5(8)3-1-2-4-6(9)10;7-5-3-1-2-4-6-8/h10H,4-7H2,1-3H3;1-4H,(H,9,10)(H,11,12);1-4H2,(H,7,8)(H,9,10);7-8H,1-6H2. The van der Waals surface area contributed by atoms with Gasteiger partial charge < -0.3 is 30.6 Å². The largest absolute Gasteiger partial charge is 0.481 e. The Hall–Kier alpha value is -4.22. The van der Waals surface area contributed by atoms with Crippen LogP contribution in [0.15, 0.2) is 34.3 Å². The third-order valence-corrected chi connectivity index (χ3v) is 6.64. The quantitative estimate of drug-likeness (QED) is 0.0866. The van der Waals surface area contributed by atoms with Gasteiger partial charge in [-0.3, -0.25) is 9.59 Å². The van der Waals surface area contributed by atoms with E-state index >= 15 is 0 Å². The molecule has 2 rings (SSSR count). The molecule has 0 radical (unpaired) electrons. The second kappa shape index (κ2) is 25.0. The Kier molecular flexibility index (Phi) is 23.9. The van der Waals surface area contributed by atoms with E-state index in [0.29, 0.717) is 19.4 Å². The maximum atomic E-state index is 10.4. The van der Waals surface area contributed by atoms with Crippen molar-refractivity contribution in [3.8, 4) is 0 Å². The van der Waals surface area contributed by atoms with Gasteiger partial charge in [0.1, 0.15) is 0 Å². The predicted octanol–water partition coefficient (Wildman–Crippen LogP) is 4.57. The molecular formula is C32H48N2O12. The Morgan fingerprint density at radius 3 is 1.61 bits per heavy atom. The summed E-state index contributed by atoms with van der Waals surface area (Å²) in [5, 5.41) is 49.9. The Bertz CT molecular complexity index is 1120. The number of isocyanates is 2. The van der Waals surface area contributed by atoms with Crippen molar-refractivity contribution in [1.29, 1.82) is 0 Å². The molecule has 1 aliphatic carbocycles. The molecule has 0 saturated heterocycles. The fourth-order valence-corrected chi connectivity index (χ4v) is 5.00. The summed E-state index contributed by atoms with van der Waals surface area (Å²) in [4.78, 5) is 68.6. The van der Waals surface area contributed by atoms with Crippen LogP contribution >= 0.6 is 0 Å². The topological polar surface area (TPSA) is 249 Å². The number of carboxylic acid groups (broad SMARTS) is 4. The van der Waals surface area contributed by atoms with Gasteiger partial charge in [0.15, 0.2) is 0 Å². The fraction of sp³-hybridized carbons (Fsp3) is 0.625. The highest BCUT2D eigenvalue weighted by Crippen LogP contribution is 2.47. The van der Waals surface area contributed by atoms with E-state index in [0.717, 1.165) is 51.0 Å². The minimum Gasteiger partial charge on any atom is -0.481 e. The zero-order valence-electron chi connectivity index (χ0n) is 26.8. The van der Waals surface area contributed by atoms with Crippen LogP contribution in [-0.2, 0) is 19.2 Å². The van der Waals surface area contributed by atoms with Gasteiger partial charge in [-0.2, -0.15) is 0 Å². The first-order valence-electron chi connectivity index (χ1n) is 14.9. The van der Waals surface area contributed by atoms with Crippen molar-refractivity contribution in [2.75, 3.05) is 19.8 Å². The van der Waals surface area contributed by atoms with Crippen molar-refractivity contribution in [3.63, 3.8) is 0 Å². The summed E-state index contributed by atoms with van der Waals surface area (Å²) in [5.41, 5.74) is 0.0189. The van der Waals surface area contributed by atoms with Gasteiger partial charge in [-0.25, -0.2) is 29.2 Å². The van der Waals surface area contributed by atoms with Crippen LogP contribution in [0.4, 0.5) is 0 Å². The minimum absolute atomic E-state index is 0.00750. The number of aliphatic carboxylic acids is 2. The van der Waals surface area contributed by atoms with Gasteiger partial charge >= 0.3 is 23.9 Å². The highest BCUT2D eigenvalue weighted by molar-refractivity contribution is 5.93. The van der Waals surface area contributed by atoms with Crippen molar-refractivity contribution in [2.45, 2.75) is 97.4 Å². The number of carboxylic acids is 4. The molecule has 2 atom stereocenters. The fourth-order valence-electron chi connectivity index (χ4n) is 5.00. The van der Waals surface area contributed by atoms with Crippen LogP contribution in [0.5, 0.6) is 0 Å². The van der Waals surface area contributed by atoms with Crippen LogP contribution in [0, 0.1) is 10.8 Å². The summed E-state index contributed by atoms with van der Waals surface area (Å²) in [6, 6.07) is 5.20. The lowest BCUT2D eigenvalue weighted by molar-refractivity contribution is -0.139. The van der Waals surface area contributed by atoms with E-state index in [1.54, 1.807) is 12.2 Å². The van der Waals surface area contributed by atoms with Crippen LogP contribution in [0.1, 0.15) is 112 Å². The maximum absolute atomic E-state index is 10.4. The molecule has 0 aromatic heterocycles. The number of rotatable bonds is 15. The van der Waals surface area contributed by atoms with Crippen LogP contribution < -0.4 is 0 Å². The van der Waals surface area contributed by atoms with E-state index in [4.69, 9.17) is 30.6 Å². The second-order valence-corrected chi connectivity index (χ2v) is 11.9. The molecule has 1 aromatic rings. The first-order chi connectivity index (χ1) is 21.6. The first-order valence-corrected chi connectivity index (χ1v) is 14.9. The van der Waals surface area contributed by atoms with Crippen LogP contribution in [-0.4, -0.2) is 92.5 Å². The molecule has 14 heteroatoms. The predicted molar refractivity (Wildman–Crippen MR) is 167 cm³/mol. The molecule has 0 heterocycles. The number of aliphatic imine (C=N–C) groups is 2. The Labute approximate surface area is 268 Å². The number of aliphatic hydroxyl groups excluding tert-OH is 2. The summed E-state index contributed by atoms with van der Waals surface area (Å²) in [7, 11) is 0. The Morgan fingerprint density at radius 1 is 0.761 bits per heavy atom. The molecule has 0 bridgehead atoms. The molecular weight excluding hydrogens is 604 g/mol. The number of benzene rings is 1. The number of hydrogen-bond acceptors (Lipinski definition) is 10. The monoisotopic (exact) mass is 652 g/mol. The second-order valence-electron chi connectivity index (χ2n) is 11.9. The molecule has 0 aliphatic heterocycles. The number of carbonyl (C=O) groups is 4. The number of carbonyl (C=O) groups excluding carboxylic acids is 2. The van der Waals surface area contributed by atoms with Crippen LogP contribution in [0.3, 0.4) is 0 Å². The van der Waals surface area contributed by atoms with E-state index in [2.05, 4.69) is 30.8 Å². The summed E-state index contributed by atoms with van der Waals surface area (Å²) >= 11 is 0. The first kappa shape index (κ1) is 43.9. The van der Waals surface area contributed by atoms with Crippen molar-refractivity contribution < 1.29 is 59.4 Å². The molecule has 46 heavy (non-hydrogen) atoms. The van der Waals surface area contributed by atoms with Gasteiger partial charge in [0.2, 0.25) is 12.2 Å². The average Bonchev–Trinajstić information content (AvgIpc) is 2.96. The lowest BCUT2D eigenvalue weighted by Gasteiger charge is -2.44. The van der Waals surface area contributed by atoms with Crippen molar-refractivity contribution in [1.82, 2.24) is 0 Å². The van der Waals surface area contributed by atoms with E-state index in [9.17, 15) is 28.8 Å². The molecule has 0 spiro atoms. The summed E-state index contributed by atoms with van der Waals surface area (Å²) in [5.74, 6) is -3.99. The number of hydrogen-bond donors (Lipinski definition) is 6. The van der Waals surface area contributed by atoms with Gasteiger partial charge in [-0.05, 0) is 74.0 Å². The lowest BCUT2D eigenvalue weighted by Crippen LogP contribution is -2.39. The maximum Gasteiger partial charge on any atom is 0.335 e. The number of nitrogens with zero attached hydrogens (tertiary/aromatic N) is 2. The zero-order chi connectivity index (χ0) is 35.6. The third-order valence-electron chi connectivity index (χ3n) is 6.64. The lowest BCUT2D eigenvalue weighted by atomic mass is 9.63. The van der Waals surface area contributed by atoms with Gasteiger partial charge in [0, 0.05) is 26.1 Å². The highest BCUT2D eigenvalue weighted by Gasteiger charge is 2.41. The molecule has 1 aromatic carbocycles. The highest BCUT2D eigenvalue weighted by atomic mass is 16.4. The van der Waals surface area contributed by atoms with E-state index in [1.807, 2.05) is 0 Å². The van der Waals surface area contributed by atoms with Crippen molar-refractivity contribution in [3.05, 3.63) is 35.4 Å². The SMILES string of the molecule is CC1(C)CC(N=C=O)CC(C)(CN=C=O)C1.O=C(O)CCCCC(=O)O.O=C(O)c1cccc(C(=O)O)c1.OCCCCCCO. The third kappa shape index (κ3) is 24.1. The van der Waals surface area contributed by atoms with Gasteiger partial charge in [0.25, 0.3) is 0 Å². The zero-order valence-corrected chi connectivity index (χ0v) is 26.8. The minimum atomic E-state index is -1.13. The molecule has 6 N–H and O–H groups in total. The smallest absolute Gasteiger partial charge is 0.335 e. The van der Waals surface area contributed by atoms with E-state index in [-0.39, 0.29) is 54.1 Å². The molecule has 258 valence electrons. The molecule has 1 fully saturated rings. The number of aromatic carboxylic acids is 2. The van der Waals surface area contributed by atoms with Crippen molar-refractivity contribution >= 4 is 36.0 Å². The van der Waals surface area contributed by atoms with Gasteiger partial charge in [-0.1, -0.05) is 39.7 Å². The summed E-state index contributed by atoms with van der Waals surface area (Å²) < 4.78 is 0. The molecule has 0 amide bonds.